The molecule has 0 radical (unpaired) electrons. The first-order valence-electron chi connectivity index (χ1n) is 10.5. The average molecular weight is 434 g/mol. The summed E-state index contributed by atoms with van der Waals surface area (Å²) in [4.78, 5) is 31.8. The summed E-state index contributed by atoms with van der Waals surface area (Å²) in [5.74, 6) is -0.478. The first-order valence-corrected chi connectivity index (χ1v) is 10.5. The van der Waals surface area contributed by atoms with Crippen molar-refractivity contribution in [2.45, 2.75) is 33.2 Å². The van der Waals surface area contributed by atoms with Gasteiger partial charge in [0.2, 0.25) is 5.91 Å². The summed E-state index contributed by atoms with van der Waals surface area (Å²) in [7, 11) is 0. The molecule has 0 aliphatic carbocycles. The Morgan fingerprint density at radius 2 is 1.81 bits per heavy atom. The van der Waals surface area contributed by atoms with Crippen LogP contribution in [0.5, 0.6) is 0 Å². The number of aromatic nitrogens is 3. The van der Waals surface area contributed by atoms with E-state index in [1.165, 1.54) is 40.7 Å². The molecule has 4 rings (SSSR count). The first-order chi connectivity index (χ1) is 15.5. The van der Waals surface area contributed by atoms with Gasteiger partial charge in [-0.05, 0) is 55.3 Å². The second kappa shape index (κ2) is 9.13. The Labute approximate surface area is 184 Å². The number of carbonyl (C=O) groups is 1. The predicted molar refractivity (Wildman–Crippen MR) is 120 cm³/mol. The summed E-state index contributed by atoms with van der Waals surface area (Å²) in [5, 5.41) is 4.14. The minimum absolute atomic E-state index is 0.0900. The van der Waals surface area contributed by atoms with Crippen LogP contribution in [0.3, 0.4) is 0 Å². The van der Waals surface area contributed by atoms with Gasteiger partial charge in [0.15, 0.2) is 0 Å². The van der Waals surface area contributed by atoms with Crippen molar-refractivity contribution in [2.75, 3.05) is 11.4 Å². The van der Waals surface area contributed by atoms with Crippen LogP contribution in [-0.4, -0.2) is 27.2 Å². The number of anilines is 1. The van der Waals surface area contributed by atoms with Gasteiger partial charge in [0.25, 0.3) is 11.3 Å². The molecule has 0 N–H and O–H groups in total. The lowest BCUT2D eigenvalue weighted by Gasteiger charge is -2.21. The minimum atomic E-state index is -0.389. The molecular weight excluding hydrogens is 411 g/mol. The molecule has 2 aromatic heterocycles. The normalized spacial score (nSPS) is 11.1. The van der Waals surface area contributed by atoms with Crippen molar-refractivity contribution < 1.29 is 13.7 Å². The van der Waals surface area contributed by atoms with Crippen LogP contribution in [0.4, 0.5) is 10.1 Å². The summed E-state index contributed by atoms with van der Waals surface area (Å²) < 4.78 is 19.8. The molecule has 7 nitrogen and oxygen atoms in total. The smallest absolute Gasteiger partial charge is 0.266 e. The number of aryl methyl sites for hydroxylation is 2. The van der Waals surface area contributed by atoms with E-state index in [0.29, 0.717) is 17.8 Å². The molecule has 32 heavy (non-hydrogen) atoms. The molecule has 1 amide bonds. The molecule has 0 bridgehead atoms. The van der Waals surface area contributed by atoms with Crippen LogP contribution >= 0.6 is 0 Å². The number of rotatable bonds is 7. The Bertz CT molecular complexity index is 1290. The molecule has 0 atom stereocenters. The SMILES string of the molecule is CCc1ccc(N(CC)C(=O)CCn2cnc3onc(-c4ccc(F)cc4)c3c2=O)cc1. The number of hydrogen-bond donors (Lipinski definition) is 0. The summed E-state index contributed by atoms with van der Waals surface area (Å²) in [6.07, 6.45) is 2.42. The van der Waals surface area contributed by atoms with E-state index in [2.05, 4.69) is 17.1 Å². The van der Waals surface area contributed by atoms with Crippen LogP contribution in [0, 0.1) is 5.82 Å². The van der Waals surface area contributed by atoms with E-state index in [-0.39, 0.29) is 41.3 Å². The number of amides is 1. The number of carbonyl (C=O) groups excluding carboxylic acids is 1. The Kier molecular flexibility index (Phi) is 6.11. The fourth-order valence-electron chi connectivity index (χ4n) is 3.61. The second-order valence-corrected chi connectivity index (χ2v) is 7.37. The lowest BCUT2D eigenvalue weighted by atomic mass is 10.1. The first kappa shape index (κ1) is 21.4. The maximum absolute atomic E-state index is 13.3. The van der Waals surface area contributed by atoms with Gasteiger partial charge < -0.3 is 9.42 Å². The van der Waals surface area contributed by atoms with Crippen molar-refractivity contribution in [1.82, 2.24) is 14.7 Å². The van der Waals surface area contributed by atoms with Gasteiger partial charge in [0.05, 0.1) is 0 Å². The van der Waals surface area contributed by atoms with Gasteiger partial charge in [-0.2, -0.15) is 0 Å². The topological polar surface area (TPSA) is 81.2 Å². The molecule has 0 saturated heterocycles. The summed E-state index contributed by atoms with van der Waals surface area (Å²) in [5.41, 5.74) is 2.61. The third kappa shape index (κ3) is 4.16. The Hall–Kier alpha value is -3.81. The fourth-order valence-corrected chi connectivity index (χ4v) is 3.61. The van der Waals surface area contributed by atoms with E-state index < -0.39 is 0 Å². The maximum atomic E-state index is 13.3. The van der Waals surface area contributed by atoms with E-state index >= 15 is 0 Å². The number of nitrogens with zero attached hydrogens (tertiary/aromatic N) is 4. The minimum Gasteiger partial charge on any atom is -0.335 e. The standard InChI is InChI=1S/C24H23FN4O3/c1-3-16-5-11-19(12-6-16)29(4-2)20(30)13-14-28-15-26-23-21(24(28)31)22(27-32-23)17-7-9-18(25)10-8-17/h5-12,15H,3-4,13-14H2,1-2H3. The highest BCUT2D eigenvalue weighted by atomic mass is 19.1. The average Bonchev–Trinajstić information content (AvgIpc) is 3.25. The van der Waals surface area contributed by atoms with Crippen molar-refractivity contribution in [3.8, 4) is 11.3 Å². The van der Waals surface area contributed by atoms with Crippen molar-refractivity contribution >= 4 is 22.7 Å². The van der Waals surface area contributed by atoms with Crippen LogP contribution in [0.2, 0.25) is 0 Å². The summed E-state index contributed by atoms with van der Waals surface area (Å²) in [6, 6.07) is 13.5. The van der Waals surface area contributed by atoms with Crippen molar-refractivity contribution in [3.63, 3.8) is 0 Å². The van der Waals surface area contributed by atoms with Gasteiger partial charge in [-0.1, -0.05) is 24.2 Å². The number of benzene rings is 2. The molecule has 164 valence electrons. The van der Waals surface area contributed by atoms with Crippen molar-refractivity contribution in [1.29, 1.82) is 0 Å². The predicted octanol–water partition coefficient (Wildman–Crippen LogP) is 4.20. The van der Waals surface area contributed by atoms with E-state index in [1.807, 2.05) is 31.2 Å². The molecule has 4 aromatic rings. The van der Waals surface area contributed by atoms with Crippen LogP contribution in [0.15, 0.2) is 64.2 Å². The van der Waals surface area contributed by atoms with Crippen LogP contribution < -0.4 is 10.5 Å². The largest absolute Gasteiger partial charge is 0.335 e. The quantitative estimate of drug-likeness (QED) is 0.436. The van der Waals surface area contributed by atoms with E-state index in [4.69, 9.17) is 4.52 Å². The number of halogens is 1. The molecule has 2 heterocycles. The van der Waals surface area contributed by atoms with Crippen molar-refractivity contribution in [3.05, 3.63) is 76.6 Å². The summed E-state index contributed by atoms with van der Waals surface area (Å²) in [6.45, 7) is 4.68. The molecule has 2 aromatic carbocycles. The molecule has 0 unspecified atom stereocenters. The third-order valence-corrected chi connectivity index (χ3v) is 5.42. The lowest BCUT2D eigenvalue weighted by molar-refractivity contribution is -0.118. The van der Waals surface area contributed by atoms with Gasteiger partial charge in [0, 0.05) is 30.8 Å². The van der Waals surface area contributed by atoms with E-state index in [0.717, 1.165) is 12.1 Å². The Morgan fingerprint density at radius 1 is 1.09 bits per heavy atom. The Morgan fingerprint density at radius 3 is 2.47 bits per heavy atom. The van der Waals surface area contributed by atoms with E-state index in [9.17, 15) is 14.0 Å². The van der Waals surface area contributed by atoms with Crippen LogP contribution in [0.25, 0.3) is 22.4 Å². The van der Waals surface area contributed by atoms with Gasteiger partial charge in [-0.3, -0.25) is 14.2 Å². The van der Waals surface area contributed by atoms with Gasteiger partial charge >= 0.3 is 0 Å². The highest BCUT2D eigenvalue weighted by molar-refractivity contribution is 5.93. The monoisotopic (exact) mass is 434 g/mol. The number of hydrogen-bond acceptors (Lipinski definition) is 5. The van der Waals surface area contributed by atoms with E-state index in [1.54, 1.807) is 4.90 Å². The zero-order valence-corrected chi connectivity index (χ0v) is 17.9. The summed E-state index contributed by atoms with van der Waals surface area (Å²) >= 11 is 0. The number of fused-ring (bicyclic) bond motifs is 1. The van der Waals surface area contributed by atoms with Gasteiger partial charge in [-0.15, -0.1) is 0 Å². The molecule has 0 fully saturated rings. The van der Waals surface area contributed by atoms with Gasteiger partial charge in [0.1, 0.15) is 23.2 Å². The lowest BCUT2D eigenvalue weighted by Crippen LogP contribution is -2.32. The molecule has 0 saturated carbocycles. The molecule has 0 spiro atoms. The molecule has 8 heteroatoms. The highest BCUT2D eigenvalue weighted by Gasteiger charge is 2.19. The fraction of sp³-hybridized carbons (Fsp3) is 0.250. The Balaban J connectivity index is 1.56. The van der Waals surface area contributed by atoms with Crippen LogP contribution in [-0.2, 0) is 17.8 Å². The van der Waals surface area contributed by atoms with Crippen molar-refractivity contribution in [2.24, 2.45) is 0 Å². The molecular formula is C24H23FN4O3. The van der Waals surface area contributed by atoms with Gasteiger partial charge in [-0.25, -0.2) is 9.37 Å². The highest BCUT2D eigenvalue weighted by Crippen LogP contribution is 2.24. The maximum Gasteiger partial charge on any atom is 0.266 e. The second-order valence-electron chi connectivity index (χ2n) is 7.37. The van der Waals surface area contributed by atoms with Crippen LogP contribution in [0.1, 0.15) is 25.8 Å². The zero-order chi connectivity index (χ0) is 22.7. The molecule has 0 aliphatic rings. The zero-order valence-electron chi connectivity index (χ0n) is 17.9. The molecule has 0 aliphatic heterocycles. The third-order valence-electron chi connectivity index (χ3n) is 5.42.